The van der Waals surface area contributed by atoms with Gasteiger partial charge in [0.05, 0.1) is 5.56 Å². The van der Waals surface area contributed by atoms with Crippen LogP contribution in [0.2, 0.25) is 0 Å². The molecule has 1 aromatic heterocycles. The molecule has 0 aliphatic rings. The molecular weight excluding hydrogens is 340 g/mol. The smallest absolute Gasteiger partial charge is 0.412 e. The van der Waals surface area contributed by atoms with Crippen molar-refractivity contribution in [1.29, 1.82) is 0 Å². The minimum Gasteiger partial charge on any atom is -0.444 e. The number of nitrogens with two attached hydrogens (primary N) is 1. The van der Waals surface area contributed by atoms with Crippen molar-refractivity contribution in [3.8, 4) is 10.6 Å². The topological polar surface area (TPSA) is 94.3 Å². The number of benzene rings is 1. The summed E-state index contributed by atoms with van der Waals surface area (Å²) < 4.78 is 32.8. The Morgan fingerprint density at radius 1 is 1.25 bits per heavy atom. The van der Waals surface area contributed by atoms with Gasteiger partial charge in [-0.05, 0) is 32.9 Å². The minimum absolute atomic E-state index is 0.0468. The van der Waals surface area contributed by atoms with E-state index in [0.717, 1.165) is 23.5 Å². The summed E-state index contributed by atoms with van der Waals surface area (Å²) in [5.74, 6) is -2.63. The first-order chi connectivity index (χ1) is 11.1. The molecule has 24 heavy (non-hydrogen) atoms. The number of hydrogen-bond donors (Lipinski definition) is 2. The zero-order valence-corrected chi connectivity index (χ0v) is 14.0. The molecule has 3 N–H and O–H groups in total. The summed E-state index contributed by atoms with van der Waals surface area (Å²) in [4.78, 5) is 27.2. The summed E-state index contributed by atoms with van der Waals surface area (Å²) in [7, 11) is 0. The Morgan fingerprint density at radius 2 is 1.83 bits per heavy atom. The minimum atomic E-state index is -0.944. The van der Waals surface area contributed by atoms with Gasteiger partial charge >= 0.3 is 6.09 Å². The molecule has 0 fully saturated rings. The predicted octanol–water partition coefficient (Wildman–Crippen LogP) is 3.53. The van der Waals surface area contributed by atoms with Crippen LogP contribution in [0.15, 0.2) is 18.2 Å². The molecule has 2 aromatic rings. The number of nitrogens with zero attached hydrogens (tertiary/aromatic N) is 1. The Bertz CT molecular complexity index is 779. The molecule has 1 heterocycles. The van der Waals surface area contributed by atoms with Crippen LogP contribution in [-0.2, 0) is 4.74 Å². The number of amides is 2. The third-order valence-electron chi connectivity index (χ3n) is 2.65. The van der Waals surface area contributed by atoms with Crippen molar-refractivity contribution in [2.75, 3.05) is 5.32 Å². The highest BCUT2D eigenvalue weighted by atomic mass is 32.1. The molecule has 9 heteroatoms. The van der Waals surface area contributed by atoms with Crippen molar-refractivity contribution in [2.45, 2.75) is 26.4 Å². The number of primary amides is 1. The number of ether oxygens (including phenoxy) is 1. The van der Waals surface area contributed by atoms with Crippen LogP contribution in [0.3, 0.4) is 0 Å². The maximum Gasteiger partial charge on any atom is 0.412 e. The molecule has 0 unspecified atom stereocenters. The van der Waals surface area contributed by atoms with Crippen molar-refractivity contribution in [3.05, 3.63) is 35.5 Å². The molecule has 0 saturated carbocycles. The first-order valence-electron chi connectivity index (χ1n) is 6.83. The van der Waals surface area contributed by atoms with Crippen LogP contribution in [0.4, 0.5) is 18.6 Å². The van der Waals surface area contributed by atoms with Gasteiger partial charge in [0.25, 0.3) is 5.91 Å². The maximum atomic E-state index is 13.9. The zero-order valence-electron chi connectivity index (χ0n) is 13.1. The van der Waals surface area contributed by atoms with Crippen molar-refractivity contribution >= 4 is 28.3 Å². The second-order valence-corrected chi connectivity index (χ2v) is 6.78. The van der Waals surface area contributed by atoms with Gasteiger partial charge in [0.2, 0.25) is 0 Å². The van der Waals surface area contributed by atoms with E-state index in [1.807, 2.05) is 0 Å². The molecule has 0 spiro atoms. The zero-order chi connectivity index (χ0) is 18.1. The molecule has 128 valence electrons. The van der Waals surface area contributed by atoms with E-state index < -0.39 is 34.8 Å². The number of thiazole rings is 1. The summed E-state index contributed by atoms with van der Waals surface area (Å²) in [6, 6.07) is 3.33. The number of aromatic nitrogens is 1. The molecule has 0 radical (unpaired) electrons. The monoisotopic (exact) mass is 355 g/mol. The molecule has 0 bridgehead atoms. The Morgan fingerprint density at radius 3 is 2.33 bits per heavy atom. The van der Waals surface area contributed by atoms with Gasteiger partial charge in [0.1, 0.15) is 27.2 Å². The Hall–Kier alpha value is -2.55. The van der Waals surface area contributed by atoms with Crippen LogP contribution in [0, 0.1) is 11.6 Å². The quantitative estimate of drug-likeness (QED) is 0.880. The molecule has 1 aromatic carbocycles. The molecule has 0 aliphatic carbocycles. The Balaban J connectivity index is 2.41. The van der Waals surface area contributed by atoms with Gasteiger partial charge in [-0.25, -0.2) is 18.6 Å². The predicted molar refractivity (Wildman–Crippen MR) is 85.8 cm³/mol. The lowest BCUT2D eigenvalue weighted by Crippen LogP contribution is -2.27. The fourth-order valence-electron chi connectivity index (χ4n) is 1.78. The van der Waals surface area contributed by atoms with Crippen LogP contribution >= 0.6 is 11.3 Å². The first kappa shape index (κ1) is 17.8. The lowest BCUT2D eigenvalue weighted by Gasteiger charge is -2.19. The number of carbonyl (C=O) groups is 2. The number of rotatable bonds is 3. The van der Waals surface area contributed by atoms with Crippen molar-refractivity contribution in [3.63, 3.8) is 0 Å². The molecule has 0 saturated heterocycles. The highest BCUT2D eigenvalue weighted by molar-refractivity contribution is 7.19. The highest BCUT2D eigenvalue weighted by Crippen LogP contribution is 2.35. The third-order valence-corrected chi connectivity index (χ3v) is 3.64. The van der Waals surface area contributed by atoms with Crippen LogP contribution in [-0.4, -0.2) is 22.6 Å². The first-order valence-corrected chi connectivity index (χ1v) is 7.65. The molecule has 0 atom stereocenters. The summed E-state index contributed by atoms with van der Waals surface area (Å²) in [6.07, 6.45) is -0.839. The second-order valence-electron chi connectivity index (χ2n) is 5.78. The lowest BCUT2D eigenvalue weighted by molar-refractivity contribution is 0.0636. The fourth-order valence-corrected chi connectivity index (χ4v) is 2.78. The van der Waals surface area contributed by atoms with Gasteiger partial charge < -0.3 is 10.5 Å². The van der Waals surface area contributed by atoms with Crippen LogP contribution < -0.4 is 11.1 Å². The van der Waals surface area contributed by atoms with E-state index in [9.17, 15) is 18.4 Å². The average Bonchev–Trinajstić information content (AvgIpc) is 2.79. The van der Waals surface area contributed by atoms with E-state index in [0.29, 0.717) is 0 Å². The molecule has 0 aliphatic heterocycles. The van der Waals surface area contributed by atoms with Crippen LogP contribution in [0.5, 0.6) is 0 Å². The van der Waals surface area contributed by atoms with E-state index in [1.54, 1.807) is 20.8 Å². The SMILES string of the molecule is CC(C)(C)OC(=O)Nc1sc(-c2c(F)cccc2F)nc1C(N)=O. The molecule has 2 amide bonds. The standard InChI is InChI=1S/C15H15F2N3O3S/c1-15(2,3)23-14(22)20-13-10(11(18)21)19-12(24-13)9-7(16)5-4-6-8(9)17/h4-6H,1-3H3,(H2,18,21)(H,20,22). The lowest BCUT2D eigenvalue weighted by atomic mass is 10.2. The van der Waals surface area contributed by atoms with E-state index in [1.165, 1.54) is 6.07 Å². The van der Waals surface area contributed by atoms with Gasteiger partial charge in [-0.3, -0.25) is 10.1 Å². The van der Waals surface area contributed by atoms with Gasteiger partial charge in [0.15, 0.2) is 5.69 Å². The number of anilines is 1. The third kappa shape index (κ3) is 4.05. The van der Waals surface area contributed by atoms with Crippen LogP contribution in [0.1, 0.15) is 31.3 Å². The van der Waals surface area contributed by atoms with E-state index in [-0.39, 0.29) is 15.7 Å². The van der Waals surface area contributed by atoms with Gasteiger partial charge in [0, 0.05) is 0 Å². The normalized spacial score (nSPS) is 11.2. The largest absolute Gasteiger partial charge is 0.444 e. The molecular formula is C15H15F2N3O3S. The second kappa shape index (κ2) is 6.52. The van der Waals surface area contributed by atoms with Crippen molar-refractivity contribution in [2.24, 2.45) is 5.73 Å². The van der Waals surface area contributed by atoms with E-state index >= 15 is 0 Å². The van der Waals surface area contributed by atoms with Crippen molar-refractivity contribution < 1.29 is 23.1 Å². The molecule has 2 rings (SSSR count). The van der Waals surface area contributed by atoms with E-state index in [2.05, 4.69) is 10.3 Å². The maximum absolute atomic E-state index is 13.9. The average molecular weight is 355 g/mol. The number of nitrogens with one attached hydrogen (secondary N) is 1. The van der Waals surface area contributed by atoms with Crippen LogP contribution in [0.25, 0.3) is 10.6 Å². The number of hydrogen-bond acceptors (Lipinski definition) is 5. The van der Waals surface area contributed by atoms with Gasteiger partial charge in [-0.15, -0.1) is 0 Å². The fraction of sp³-hybridized carbons (Fsp3) is 0.267. The number of halogens is 2. The van der Waals surface area contributed by atoms with E-state index in [4.69, 9.17) is 10.5 Å². The number of carbonyl (C=O) groups excluding carboxylic acids is 2. The van der Waals surface area contributed by atoms with Crippen molar-refractivity contribution in [1.82, 2.24) is 4.98 Å². The van der Waals surface area contributed by atoms with Gasteiger partial charge in [-0.2, -0.15) is 0 Å². The Labute approximate surface area is 140 Å². The Kier molecular flexibility index (Phi) is 4.83. The molecule has 6 nitrogen and oxygen atoms in total. The summed E-state index contributed by atoms with van der Waals surface area (Å²) in [6.45, 7) is 4.98. The highest BCUT2D eigenvalue weighted by Gasteiger charge is 2.24. The summed E-state index contributed by atoms with van der Waals surface area (Å²) in [5.41, 5.74) is 3.75. The summed E-state index contributed by atoms with van der Waals surface area (Å²) >= 11 is 0.720. The van der Waals surface area contributed by atoms with Gasteiger partial charge in [-0.1, -0.05) is 17.4 Å². The summed E-state index contributed by atoms with van der Waals surface area (Å²) in [5, 5.41) is 2.16.